The van der Waals surface area contributed by atoms with Gasteiger partial charge in [0.1, 0.15) is 0 Å². The first kappa shape index (κ1) is 6.08. The van der Waals surface area contributed by atoms with E-state index in [1.807, 2.05) is 30.8 Å². The predicted molar refractivity (Wildman–Crippen MR) is 35.5 cm³/mol. The van der Waals surface area contributed by atoms with Gasteiger partial charge in [-0.15, -0.1) is 0 Å². The summed E-state index contributed by atoms with van der Waals surface area (Å²) in [5, 5.41) is 0. The van der Waals surface area contributed by atoms with Crippen LogP contribution in [0.4, 0.5) is 0 Å². The van der Waals surface area contributed by atoms with Crippen LogP contribution in [0.1, 0.15) is 16.1 Å². The van der Waals surface area contributed by atoms with Crippen LogP contribution in [0.2, 0.25) is 0 Å². The fraction of sp³-hybridized carbons (Fsp3) is 0.286. The zero-order chi connectivity index (χ0) is 6.85. The van der Waals surface area contributed by atoms with E-state index in [0.717, 1.165) is 17.5 Å². The van der Waals surface area contributed by atoms with Crippen molar-refractivity contribution in [2.75, 3.05) is 0 Å². The Kier molecular flexibility index (Phi) is 1.39. The molecule has 1 rings (SSSR count). The summed E-state index contributed by atoms with van der Waals surface area (Å²) < 4.78 is 1.81. The summed E-state index contributed by atoms with van der Waals surface area (Å²) in [4.78, 5) is 10.3. The topological polar surface area (TPSA) is 22.0 Å². The van der Waals surface area contributed by atoms with E-state index in [4.69, 9.17) is 0 Å². The molecule has 0 unspecified atom stereocenters. The average Bonchev–Trinajstić information content (AvgIpc) is 2.12. The van der Waals surface area contributed by atoms with Gasteiger partial charge in [-0.25, -0.2) is 0 Å². The van der Waals surface area contributed by atoms with Crippen molar-refractivity contribution in [2.24, 2.45) is 7.05 Å². The second-order valence-corrected chi connectivity index (χ2v) is 2.11. The Labute approximate surface area is 54.1 Å². The number of aryl methyl sites for hydroxylation is 2. The molecule has 48 valence electrons. The quantitative estimate of drug-likeness (QED) is 0.513. The molecule has 0 saturated heterocycles. The van der Waals surface area contributed by atoms with Gasteiger partial charge in [0, 0.05) is 13.2 Å². The third-order valence-corrected chi connectivity index (χ3v) is 1.44. The van der Waals surface area contributed by atoms with Crippen LogP contribution in [0.25, 0.3) is 0 Å². The molecule has 2 nitrogen and oxygen atoms in total. The summed E-state index contributed by atoms with van der Waals surface area (Å²) in [6.45, 7) is 1.92. The number of carbonyl (C=O) groups is 1. The lowest BCUT2D eigenvalue weighted by Crippen LogP contribution is -1.93. The molecule has 0 amide bonds. The number of aldehydes is 1. The van der Waals surface area contributed by atoms with Crippen molar-refractivity contribution >= 4 is 6.29 Å². The van der Waals surface area contributed by atoms with Crippen molar-refractivity contribution in [1.82, 2.24) is 4.57 Å². The summed E-state index contributed by atoms with van der Waals surface area (Å²) in [6.07, 6.45) is 2.74. The van der Waals surface area contributed by atoms with E-state index in [1.54, 1.807) is 0 Å². The molecule has 0 radical (unpaired) electrons. The molecule has 0 bridgehead atoms. The first-order valence-electron chi connectivity index (χ1n) is 2.83. The molecule has 0 atom stereocenters. The molecule has 0 spiro atoms. The van der Waals surface area contributed by atoms with E-state index in [1.165, 1.54) is 0 Å². The minimum atomic E-state index is 0.759. The van der Waals surface area contributed by atoms with Gasteiger partial charge in [-0.1, -0.05) is 0 Å². The number of hydrogen-bond acceptors (Lipinski definition) is 1. The van der Waals surface area contributed by atoms with Crippen molar-refractivity contribution in [1.29, 1.82) is 0 Å². The van der Waals surface area contributed by atoms with Crippen molar-refractivity contribution in [2.45, 2.75) is 6.92 Å². The van der Waals surface area contributed by atoms with Crippen LogP contribution in [0.3, 0.4) is 0 Å². The highest BCUT2D eigenvalue weighted by atomic mass is 16.1. The van der Waals surface area contributed by atoms with E-state index >= 15 is 0 Å². The van der Waals surface area contributed by atoms with Gasteiger partial charge in [-0.2, -0.15) is 0 Å². The molecule has 1 heterocycles. The van der Waals surface area contributed by atoms with E-state index in [-0.39, 0.29) is 0 Å². The van der Waals surface area contributed by atoms with E-state index in [9.17, 15) is 4.79 Å². The highest BCUT2D eigenvalue weighted by molar-refractivity contribution is 5.74. The van der Waals surface area contributed by atoms with Crippen molar-refractivity contribution in [3.8, 4) is 0 Å². The number of rotatable bonds is 1. The van der Waals surface area contributed by atoms with Gasteiger partial charge in [-0.3, -0.25) is 4.79 Å². The second kappa shape index (κ2) is 2.05. The Bertz CT molecular complexity index is 205. The van der Waals surface area contributed by atoms with Crippen LogP contribution in [-0.4, -0.2) is 10.9 Å². The van der Waals surface area contributed by atoms with Gasteiger partial charge in [-0.05, 0) is 18.6 Å². The van der Waals surface area contributed by atoms with Crippen LogP contribution in [-0.2, 0) is 7.05 Å². The third kappa shape index (κ3) is 0.875. The van der Waals surface area contributed by atoms with E-state index in [2.05, 4.69) is 0 Å². The molecule has 1 aromatic rings. The number of nitrogens with zero attached hydrogens (tertiary/aromatic N) is 1. The molecule has 0 aliphatic carbocycles. The molecular formula is C7H9NO. The van der Waals surface area contributed by atoms with Gasteiger partial charge in [0.15, 0.2) is 6.29 Å². The van der Waals surface area contributed by atoms with Crippen LogP contribution in [0.5, 0.6) is 0 Å². The number of hydrogen-bond donors (Lipinski definition) is 0. The fourth-order valence-electron chi connectivity index (χ4n) is 0.844. The Morgan fingerprint density at radius 2 is 2.33 bits per heavy atom. The molecule has 0 aliphatic heterocycles. The Morgan fingerprint density at radius 3 is 2.56 bits per heavy atom. The maximum atomic E-state index is 10.3. The SMILES string of the molecule is Cc1ccn(C)c1C=O. The summed E-state index contributed by atoms with van der Waals surface area (Å²) >= 11 is 0. The van der Waals surface area contributed by atoms with Crippen LogP contribution >= 0.6 is 0 Å². The van der Waals surface area contributed by atoms with Gasteiger partial charge in [0.05, 0.1) is 5.69 Å². The fourth-order valence-corrected chi connectivity index (χ4v) is 0.844. The minimum absolute atomic E-state index is 0.759. The Hall–Kier alpha value is -1.05. The molecular weight excluding hydrogens is 114 g/mol. The zero-order valence-corrected chi connectivity index (χ0v) is 5.59. The van der Waals surface area contributed by atoms with Crippen molar-refractivity contribution < 1.29 is 4.79 Å². The summed E-state index contributed by atoms with van der Waals surface area (Å²) in [5.41, 5.74) is 1.79. The minimum Gasteiger partial charge on any atom is -0.348 e. The second-order valence-electron chi connectivity index (χ2n) is 2.11. The monoisotopic (exact) mass is 123 g/mol. The standard InChI is InChI=1S/C7H9NO/c1-6-3-4-8(2)7(6)5-9/h3-5H,1-2H3. The lowest BCUT2D eigenvalue weighted by molar-refractivity contribution is 0.111. The van der Waals surface area contributed by atoms with Gasteiger partial charge < -0.3 is 4.57 Å². The summed E-state index contributed by atoms with van der Waals surface area (Å²) in [6, 6.07) is 1.92. The van der Waals surface area contributed by atoms with E-state index < -0.39 is 0 Å². The molecule has 9 heavy (non-hydrogen) atoms. The largest absolute Gasteiger partial charge is 0.348 e. The Balaban J connectivity index is 3.22. The predicted octanol–water partition coefficient (Wildman–Crippen LogP) is 1.15. The normalized spacial score (nSPS) is 9.56. The molecule has 0 N–H and O–H groups in total. The molecule has 1 aromatic heterocycles. The highest BCUT2D eigenvalue weighted by Gasteiger charge is 1.97. The summed E-state index contributed by atoms with van der Waals surface area (Å²) in [5.74, 6) is 0. The van der Waals surface area contributed by atoms with Gasteiger partial charge >= 0.3 is 0 Å². The van der Waals surface area contributed by atoms with Crippen molar-refractivity contribution in [3.63, 3.8) is 0 Å². The smallest absolute Gasteiger partial charge is 0.166 e. The zero-order valence-electron chi connectivity index (χ0n) is 5.59. The average molecular weight is 123 g/mol. The van der Waals surface area contributed by atoms with Crippen LogP contribution < -0.4 is 0 Å². The van der Waals surface area contributed by atoms with E-state index in [0.29, 0.717) is 0 Å². The first-order chi connectivity index (χ1) is 4.25. The van der Waals surface area contributed by atoms with Gasteiger partial charge in [0.2, 0.25) is 0 Å². The molecule has 0 saturated carbocycles. The maximum Gasteiger partial charge on any atom is 0.166 e. The van der Waals surface area contributed by atoms with Crippen LogP contribution in [0, 0.1) is 6.92 Å². The van der Waals surface area contributed by atoms with Gasteiger partial charge in [0.25, 0.3) is 0 Å². The summed E-state index contributed by atoms with van der Waals surface area (Å²) in [7, 11) is 1.86. The lowest BCUT2D eigenvalue weighted by atomic mass is 10.3. The number of carbonyl (C=O) groups excluding carboxylic acids is 1. The number of aromatic nitrogens is 1. The Morgan fingerprint density at radius 1 is 1.67 bits per heavy atom. The lowest BCUT2D eigenvalue weighted by Gasteiger charge is -1.92. The maximum absolute atomic E-state index is 10.3. The molecule has 0 fully saturated rings. The first-order valence-corrected chi connectivity index (χ1v) is 2.83. The highest BCUT2D eigenvalue weighted by Crippen LogP contribution is 2.03. The molecule has 2 heteroatoms. The van der Waals surface area contributed by atoms with Crippen LogP contribution in [0.15, 0.2) is 12.3 Å². The van der Waals surface area contributed by atoms with Crippen molar-refractivity contribution in [3.05, 3.63) is 23.5 Å². The third-order valence-electron chi connectivity index (χ3n) is 1.44. The molecule has 0 aliphatic rings. The molecule has 0 aromatic carbocycles.